The third kappa shape index (κ3) is 6.82. The standard InChI is InChI=1S/C25H35N5O4/c1-3-30-22(12-13-27-30)25(33)29-21(15-17-8-6-5-7-9-17)24(32)28-20-11-10-18(14-19(20)26)16-23(31)34-4-2/h10-14,17,21H,3-9,15-16,26H2,1-2H3,(H,28,32)(H,29,33). The molecule has 9 heteroatoms. The van der Waals surface area contributed by atoms with Gasteiger partial charge in [-0.25, -0.2) is 0 Å². The lowest BCUT2D eigenvalue weighted by Gasteiger charge is -2.27. The molecule has 1 aliphatic carbocycles. The molecule has 0 aliphatic heterocycles. The number of hydrogen-bond acceptors (Lipinski definition) is 6. The van der Waals surface area contributed by atoms with Gasteiger partial charge in [0.1, 0.15) is 11.7 Å². The third-order valence-electron chi connectivity index (χ3n) is 6.19. The summed E-state index contributed by atoms with van der Waals surface area (Å²) in [5.74, 6) is -0.593. The first-order valence-electron chi connectivity index (χ1n) is 12.1. The number of amides is 2. The number of aromatic nitrogens is 2. The van der Waals surface area contributed by atoms with Crippen LogP contribution in [0.3, 0.4) is 0 Å². The van der Waals surface area contributed by atoms with Gasteiger partial charge < -0.3 is 21.1 Å². The molecular formula is C25H35N5O4. The van der Waals surface area contributed by atoms with E-state index in [-0.39, 0.29) is 24.2 Å². The Balaban J connectivity index is 1.72. The number of anilines is 2. The zero-order valence-corrected chi connectivity index (χ0v) is 20.0. The van der Waals surface area contributed by atoms with Crippen LogP contribution in [0.2, 0.25) is 0 Å². The first-order chi connectivity index (χ1) is 16.4. The molecule has 34 heavy (non-hydrogen) atoms. The molecule has 1 unspecified atom stereocenters. The minimum absolute atomic E-state index is 0.109. The Morgan fingerprint density at radius 3 is 2.62 bits per heavy atom. The molecule has 0 radical (unpaired) electrons. The normalized spacial score (nSPS) is 14.9. The van der Waals surface area contributed by atoms with Crippen molar-refractivity contribution in [3.05, 3.63) is 41.7 Å². The highest BCUT2D eigenvalue weighted by Crippen LogP contribution is 2.28. The molecule has 4 N–H and O–H groups in total. The summed E-state index contributed by atoms with van der Waals surface area (Å²) >= 11 is 0. The number of nitrogen functional groups attached to an aromatic ring is 1. The van der Waals surface area contributed by atoms with Gasteiger partial charge >= 0.3 is 5.97 Å². The van der Waals surface area contributed by atoms with Crippen LogP contribution >= 0.6 is 0 Å². The zero-order valence-electron chi connectivity index (χ0n) is 20.0. The largest absolute Gasteiger partial charge is 0.466 e. The minimum Gasteiger partial charge on any atom is -0.466 e. The van der Waals surface area contributed by atoms with E-state index in [1.807, 2.05) is 6.92 Å². The molecule has 1 aliphatic rings. The molecule has 1 saturated carbocycles. The fourth-order valence-electron chi connectivity index (χ4n) is 4.43. The van der Waals surface area contributed by atoms with E-state index in [9.17, 15) is 14.4 Å². The summed E-state index contributed by atoms with van der Waals surface area (Å²) in [4.78, 5) is 37.9. The van der Waals surface area contributed by atoms with Gasteiger partial charge in [-0.15, -0.1) is 0 Å². The highest BCUT2D eigenvalue weighted by Gasteiger charge is 2.27. The smallest absolute Gasteiger partial charge is 0.310 e. The van der Waals surface area contributed by atoms with Crippen LogP contribution in [-0.4, -0.2) is 40.2 Å². The SMILES string of the molecule is CCOC(=O)Cc1ccc(NC(=O)C(CC2CCCCC2)NC(=O)c2ccnn2CC)c(N)c1. The summed E-state index contributed by atoms with van der Waals surface area (Å²) in [6, 6.07) is 6.01. The first-order valence-corrected chi connectivity index (χ1v) is 12.1. The zero-order chi connectivity index (χ0) is 24.5. The van der Waals surface area contributed by atoms with Gasteiger partial charge in [0.15, 0.2) is 0 Å². The van der Waals surface area contributed by atoms with Gasteiger partial charge in [0, 0.05) is 12.7 Å². The molecule has 0 saturated heterocycles. The molecule has 2 aromatic rings. The molecule has 1 heterocycles. The third-order valence-corrected chi connectivity index (χ3v) is 6.19. The molecule has 2 amide bonds. The van der Waals surface area contributed by atoms with Crippen LogP contribution in [0.15, 0.2) is 30.5 Å². The number of nitrogens with zero attached hydrogens (tertiary/aromatic N) is 2. The maximum Gasteiger partial charge on any atom is 0.310 e. The Morgan fingerprint density at radius 1 is 1.18 bits per heavy atom. The van der Waals surface area contributed by atoms with Crippen LogP contribution < -0.4 is 16.4 Å². The van der Waals surface area contributed by atoms with Crippen molar-refractivity contribution in [2.45, 2.75) is 71.4 Å². The van der Waals surface area contributed by atoms with Gasteiger partial charge in [-0.2, -0.15) is 5.10 Å². The average Bonchev–Trinajstić information content (AvgIpc) is 3.30. The first kappa shape index (κ1) is 25.3. The number of carbonyl (C=O) groups is 3. The molecule has 1 aromatic heterocycles. The molecule has 0 spiro atoms. The van der Waals surface area contributed by atoms with Gasteiger partial charge in [-0.05, 0) is 49.9 Å². The van der Waals surface area contributed by atoms with Crippen molar-refractivity contribution < 1.29 is 19.1 Å². The van der Waals surface area contributed by atoms with E-state index < -0.39 is 6.04 Å². The molecule has 1 fully saturated rings. The summed E-state index contributed by atoms with van der Waals surface area (Å²) in [5, 5.41) is 9.94. The van der Waals surface area contributed by atoms with Crippen molar-refractivity contribution in [1.82, 2.24) is 15.1 Å². The number of aryl methyl sites for hydroxylation is 1. The monoisotopic (exact) mass is 469 g/mol. The topological polar surface area (TPSA) is 128 Å². The van der Waals surface area contributed by atoms with Crippen molar-refractivity contribution in [2.75, 3.05) is 17.7 Å². The predicted octanol–water partition coefficient (Wildman–Crippen LogP) is 3.30. The molecule has 1 aromatic carbocycles. The fourth-order valence-corrected chi connectivity index (χ4v) is 4.43. The Kier molecular flexibility index (Phi) is 9.07. The quantitative estimate of drug-likeness (QED) is 0.362. The average molecular weight is 470 g/mol. The van der Waals surface area contributed by atoms with E-state index in [1.54, 1.807) is 42.1 Å². The van der Waals surface area contributed by atoms with Crippen LogP contribution in [0.4, 0.5) is 11.4 Å². The number of esters is 1. The second kappa shape index (κ2) is 12.2. The number of hydrogen-bond donors (Lipinski definition) is 3. The summed E-state index contributed by atoms with van der Waals surface area (Å²) in [6.07, 6.45) is 7.86. The summed E-state index contributed by atoms with van der Waals surface area (Å²) in [5.41, 5.74) is 8.07. The second-order valence-corrected chi connectivity index (χ2v) is 8.69. The molecular weight excluding hydrogens is 434 g/mol. The number of carbonyl (C=O) groups excluding carboxylic acids is 3. The van der Waals surface area contributed by atoms with E-state index >= 15 is 0 Å². The predicted molar refractivity (Wildman–Crippen MR) is 130 cm³/mol. The number of rotatable bonds is 10. The summed E-state index contributed by atoms with van der Waals surface area (Å²) < 4.78 is 6.57. The molecule has 3 rings (SSSR count). The van der Waals surface area contributed by atoms with Crippen molar-refractivity contribution in [2.24, 2.45) is 5.92 Å². The lowest BCUT2D eigenvalue weighted by Crippen LogP contribution is -2.45. The summed E-state index contributed by atoms with van der Waals surface area (Å²) in [7, 11) is 0. The number of benzene rings is 1. The second-order valence-electron chi connectivity index (χ2n) is 8.69. The van der Waals surface area contributed by atoms with E-state index in [1.165, 1.54) is 6.42 Å². The maximum absolute atomic E-state index is 13.3. The lowest BCUT2D eigenvalue weighted by molar-refractivity contribution is -0.142. The van der Waals surface area contributed by atoms with Crippen LogP contribution in [0, 0.1) is 5.92 Å². The van der Waals surface area contributed by atoms with Gasteiger partial charge in [-0.1, -0.05) is 38.2 Å². The fraction of sp³-hybridized carbons (Fsp3) is 0.520. The van der Waals surface area contributed by atoms with Crippen molar-refractivity contribution in [3.63, 3.8) is 0 Å². The number of ether oxygens (including phenoxy) is 1. The highest BCUT2D eigenvalue weighted by atomic mass is 16.5. The van der Waals surface area contributed by atoms with Crippen molar-refractivity contribution >= 4 is 29.2 Å². The van der Waals surface area contributed by atoms with E-state index in [0.29, 0.717) is 48.1 Å². The van der Waals surface area contributed by atoms with Crippen LogP contribution in [-0.2, 0) is 27.3 Å². The van der Waals surface area contributed by atoms with E-state index in [0.717, 1.165) is 25.7 Å². The Labute approximate surface area is 200 Å². The van der Waals surface area contributed by atoms with Crippen molar-refractivity contribution in [1.29, 1.82) is 0 Å². The van der Waals surface area contributed by atoms with Crippen LogP contribution in [0.25, 0.3) is 0 Å². The van der Waals surface area contributed by atoms with Gasteiger partial charge in [0.25, 0.3) is 5.91 Å². The molecule has 0 bridgehead atoms. The highest BCUT2D eigenvalue weighted by molar-refractivity contribution is 6.01. The van der Waals surface area contributed by atoms with Crippen LogP contribution in [0.1, 0.15) is 68.4 Å². The Bertz CT molecular complexity index is 997. The maximum atomic E-state index is 13.3. The molecule has 1 atom stereocenters. The van der Waals surface area contributed by atoms with Gasteiger partial charge in [0.2, 0.25) is 5.91 Å². The number of nitrogens with one attached hydrogen (secondary N) is 2. The number of nitrogens with two attached hydrogens (primary N) is 1. The Morgan fingerprint density at radius 2 is 1.94 bits per heavy atom. The van der Waals surface area contributed by atoms with Crippen molar-refractivity contribution in [3.8, 4) is 0 Å². The van der Waals surface area contributed by atoms with Gasteiger partial charge in [-0.3, -0.25) is 19.1 Å². The lowest BCUT2D eigenvalue weighted by atomic mass is 9.84. The Hall–Kier alpha value is -3.36. The van der Waals surface area contributed by atoms with Gasteiger partial charge in [0.05, 0.1) is 24.4 Å². The van der Waals surface area contributed by atoms with E-state index in [4.69, 9.17) is 10.5 Å². The molecule has 9 nitrogen and oxygen atoms in total. The molecule has 184 valence electrons. The minimum atomic E-state index is -0.700. The van der Waals surface area contributed by atoms with E-state index in [2.05, 4.69) is 15.7 Å². The summed E-state index contributed by atoms with van der Waals surface area (Å²) in [6.45, 7) is 4.54. The van der Waals surface area contributed by atoms with Crippen LogP contribution in [0.5, 0.6) is 0 Å².